The lowest BCUT2D eigenvalue weighted by Gasteiger charge is -2.36. The number of carbonyl (C=O) groups excluding carboxylic acids is 1. The smallest absolute Gasteiger partial charge is 0.274 e. The van der Waals surface area contributed by atoms with E-state index < -0.39 is 0 Å². The maximum absolute atomic E-state index is 12.5. The number of benzene rings is 1. The minimum atomic E-state index is -0.196. The van der Waals surface area contributed by atoms with E-state index in [4.69, 9.17) is 0 Å². The Morgan fingerprint density at radius 1 is 1.25 bits per heavy atom. The van der Waals surface area contributed by atoms with E-state index in [0.29, 0.717) is 17.6 Å². The average molecular weight is 324 g/mol. The van der Waals surface area contributed by atoms with Crippen molar-refractivity contribution in [3.05, 3.63) is 47.9 Å². The normalized spacial score (nSPS) is 17.6. The molecule has 1 aliphatic heterocycles. The van der Waals surface area contributed by atoms with Gasteiger partial charge in [-0.3, -0.25) is 4.79 Å². The van der Waals surface area contributed by atoms with Gasteiger partial charge in [0.1, 0.15) is 17.3 Å². The molecular weight excluding hydrogens is 300 g/mol. The summed E-state index contributed by atoms with van der Waals surface area (Å²) in [5.74, 6) is 1.30. The Balaban J connectivity index is 1.84. The largest absolute Gasteiger partial charge is 0.354 e. The summed E-state index contributed by atoms with van der Waals surface area (Å²) in [6.07, 6.45) is 4.71. The number of aromatic nitrogens is 2. The molecular formula is C19H24N4O. The summed E-state index contributed by atoms with van der Waals surface area (Å²) in [5.41, 5.74) is 1.19. The SMILES string of the molecule is CCC1CCCCN1c1cc(C(=O)Nc2ccccc2)nc(C)n1. The number of carbonyl (C=O) groups is 1. The summed E-state index contributed by atoms with van der Waals surface area (Å²) < 4.78 is 0. The molecule has 0 saturated carbocycles. The Hall–Kier alpha value is -2.43. The maximum atomic E-state index is 12.5. The van der Waals surface area contributed by atoms with Crippen molar-refractivity contribution in [3.63, 3.8) is 0 Å². The molecule has 1 atom stereocenters. The number of rotatable bonds is 4. The fourth-order valence-electron chi connectivity index (χ4n) is 3.26. The standard InChI is InChI=1S/C19H24N4O/c1-3-16-11-7-8-12-23(16)18-13-17(20-14(2)21-18)19(24)22-15-9-5-4-6-10-15/h4-6,9-10,13,16H,3,7-8,11-12H2,1-2H3,(H,22,24). The highest BCUT2D eigenvalue weighted by Gasteiger charge is 2.23. The third-order valence-corrected chi connectivity index (χ3v) is 4.48. The number of piperidine rings is 1. The first-order chi connectivity index (χ1) is 11.7. The second-order valence-corrected chi connectivity index (χ2v) is 6.23. The van der Waals surface area contributed by atoms with Crippen molar-refractivity contribution in [2.24, 2.45) is 0 Å². The predicted octanol–water partition coefficient (Wildman–Crippen LogP) is 3.81. The second kappa shape index (κ2) is 7.43. The molecule has 1 aliphatic rings. The third-order valence-electron chi connectivity index (χ3n) is 4.48. The molecule has 3 rings (SSSR count). The van der Waals surface area contributed by atoms with E-state index >= 15 is 0 Å². The van der Waals surface area contributed by atoms with Crippen LogP contribution in [0.2, 0.25) is 0 Å². The maximum Gasteiger partial charge on any atom is 0.274 e. The van der Waals surface area contributed by atoms with Crippen LogP contribution in [0.3, 0.4) is 0 Å². The lowest BCUT2D eigenvalue weighted by Crippen LogP contribution is -2.40. The van der Waals surface area contributed by atoms with E-state index in [2.05, 4.69) is 27.1 Å². The fourth-order valence-corrected chi connectivity index (χ4v) is 3.26. The predicted molar refractivity (Wildman–Crippen MR) is 96.4 cm³/mol. The number of anilines is 2. The summed E-state index contributed by atoms with van der Waals surface area (Å²) >= 11 is 0. The van der Waals surface area contributed by atoms with Crippen molar-refractivity contribution in [3.8, 4) is 0 Å². The molecule has 5 heteroatoms. The van der Waals surface area contributed by atoms with Gasteiger partial charge in [-0.05, 0) is 44.7 Å². The quantitative estimate of drug-likeness (QED) is 0.929. The molecule has 1 saturated heterocycles. The summed E-state index contributed by atoms with van der Waals surface area (Å²) in [6, 6.07) is 11.8. The molecule has 1 unspecified atom stereocenters. The van der Waals surface area contributed by atoms with Gasteiger partial charge in [-0.15, -0.1) is 0 Å². The van der Waals surface area contributed by atoms with Gasteiger partial charge in [-0.25, -0.2) is 9.97 Å². The Bertz CT molecular complexity index is 702. The number of hydrogen-bond acceptors (Lipinski definition) is 4. The number of nitrogens with one attached hydrogen (secondary N) is 1. The molecule has 0 spiro atoms. The zero-order valence-corrected chi connectivity index (χ0v) is 14.3. The van der Waals surface area contributed by atoms with Crippen LogP contribution in [0.4, 0.5) is 11.5 Å². The van der Waals surface area contributed by atoms with Gasteiger partial charge in [0.2, 0.25) is 0 Å². The minimum Gasteiger partial charge on any atom is -0.354 e. The van der Waals surface area contributed by atoms with Gasteiger partial charge in [-0.2, -0.15) is 0 Å². The molecule has 1 fully saturated rings. The second-order valence-electron chi connectivity index (χ2n) is 6.23. The molecule has 0 radical (unpaired) electrons. The minimum absolute atomic E-state index is 0.196. The van der Waals surface area contributed by atoms with E-state index in [0.717, 1.165) is 24.5 Å². The molecule has 0 aliphatic carbocycles. The lowest BCUT2D eigenvalue weighted by molar-refractivity contribution is 0.102. The van der Waals surface area contributed by atoms with Crippen molar-refractivity contribution in [2.45, 2.75) is 45.6 Å². The van der Waals surface area contributed by atoms with Crippen LogP contribution in [0.15, 0.2) is 36.4 Å². The highest BCUT2D eigenvalue weighted by molar-refractivity contribution is 6.03. The van der Waals surface area contributed by atoms with Crippen LogP contribution >= 0.6 is 0 Å². The fraction of sp³-hybridized carbons (Fsp3) is 0.421. The van der Waals surface area contributed by atoms with Gasteiger partial charge in [0.25, 0.3) is 5.91 Å². The number of amides is 1. The summed E-state index contributed by atoms with van der Waals surface area (Å²) in [7, 11) is 0. The molecule has 1 aromatic heterocycles. The van der Waals surface area contributed by atoms with Crippen molar-refractivity contribution >= 4 is 17.4 Å². The number of hydrogen-bond donors (Lipinski definition) is 1. The molecule has 1 N–H and O–H groups in total. The highest BCUT2D eigenvalue weighted by atomic mass is 16.1. The third kappa shape index (κ3) is 3.72. The van der Waals surface area contributed by atoms with Crippen LogP contribution in [0.5, 0.6) is 0 Å². The van der Waals surface area contributed by atoms with E-state index in [9.17, 15) is 4.79 Å². The van der Waals surface area contributed by atoms with Gasteiger partial charge in [-0.1, -0.05) is 25.1 Å². The van der Waals surface area contributed by atoms with E-state index in [1.165, 1.54) is 19.3 Å². The van der Waals surface area contributed by atoms with Crippen molar-refractivity contribution < 1.29 is 4.79 Å². The van der Waals surface area contributed by atoms with Crippen LogP contribution < -0.4 is 10.2 Å². The van der Waals surface area contributed by atoms with Crippen LogP contribution in [-0.2, 0) is 0 Å². The number of para-hydroxylation sites is 1. The van der Waals surface area contributed by atoms with Gasteiger partial charge >= 0.3 is 0 Å². The van der Waals surface area contributed by atoms with E-state index in [-0.39, 0.29) is 5.91 Å². The molecule has 1 aromatic carbocycles. The van der Waals surface area contributed by atoms with Gasteiger partial charge in [0.05, 0.1) is 0 Å². The van der Waals surface area contributed by atoms with Crippen molar-refractivity contribution in [2.75, 3.05) is 16.8 Å². The van der Waals surface area contributed by atoms with Crippen molar-refractivity contribution in [1.82, 2.24) is 9.97 Å². The Kier molecular flexibility index (Phi) is 5.08. The van der Waals surface area contributed by atoms with Crippen LogP contribution in [0.1, 0.15) is 48.9 Å². The Labute approximate surface area is 143 Å². The molecule has 5 nitrogen and oxygen atoms in total. The van der Waals surface area contributed by atoms with E-state index in [1.54, 1.807) is 0 Å². The molecule has 2 aromatic rings. The first-order valence-corrected chi connectivity index (χ1v) is 8.66. The summed E-state index contributed by atoms with van der Waals surface area (Å²) in [5, 5.41) is 2.89. The average Bonchev–Trinajstić information content (AvgIpc) is 2.62. The monoisotopic (exact) mass is 324 g/mol. The van der Waals surface area contributed by atoms with Gasteiger partial charge in [0.15, 0.2) is 0 Å². The molecule has 2 heterocycles. The molecule has 0 bridgehead atoms. The topological polar surface area (TPSA) is 58.1 Å². The number of nitrogens with zero attached hydrogens (tertiary/aromatic N) is 3. The summed E-state index contributed by atoms with van der Waals surface area (Å²) in [6.45, 7) is 5.04. The zero-order chi connectivity index (χ0) is 16.9. The van der Waals surface area contributed by atoms with Gasteiger partial charge < -0.3 is 10.2 Å². The van der Waals surface area contributed by atoms with Crippen LogP contribution in [0, 0.1) is 6.92 Å². The van der Waals surface area contributed by atoms with Crippen LogP contribution in [0.25, 0.3) is 0 Å². The Morgan fingerprint density at radius 3 is 2.79 bits per heavy atom. The molecule has 24 heavy (non-hydrogen) atoms. The van der Waals surface area contributed by atoms with E-state index in [1.807, 2.05) is 43.3 Å². The first-order valence-electron chi connectivity index (χ1n) is 8.66. The van der Waals surface area contributed by atoms with Gasteiger partial charge in [0, 0.05) is 24.3 Å². The van der Waals surface area contributed by atoms with Crippen LogP contribution in [-0.4, -0.2) is 28.5 Å². The highest BCUT2D eigenvalue weighted by Crippen LogP contribution is 2.25. The molecule has 1 amide bonds. The first kappa shape index (κ1) is 16.4. The lowest BCUT2D eigenvalue weighted by atomic mass is 10.00. The zero-order valence-electron chi connectivity index (χ0n) is 14.3. The number of aryl methyl sites for hydroxylation is 1. The van der Waals surface area contributed by atoms with Crippen molar-refractivity contribution in [1.29, 1.82) is 0 Å². The Morgan fingerprint density at radius 2 is 2.04 bits per heavy atom. The molecule has 126 valence electrons. The summed E-state index contributed by atoms with van der Waals surface area (Å²) in [4.78, 5) is 23.8.